The Hall–Kier alpha value is -4.12. The van der Waals surface area contributed by atoms with Gasteiger partial charge in [-0.05, 0) is 49.2 Å². The molecule has 2 amide bonds. The quantitative estimate of drug-likeness (QED) is 0.224. The predicted molar refractivity (Wildman–Crippen MR) is 129 cm³/mol. The van der Waals surface area contributed by atoms with Gasteiger partial charge in [-0.3, -0.25) is 0 Å². The van der Waals surface area contributed by atoms with E-state index in [2.05, 4.69) is 31.0 Å². The van der Waals surface area contributed by atoms with Crippen LogP contribution in [0.4, 0.5) is 16.2 Å². The maximum Gasteiger partial charge on any atom is 0.323 e. The zero-order valence-electron chi connectivity index (χ0n) is 17.0. The molecule has 0 aliphatic heterocycles. The van der Waals surface area contributed by atoms with Crippen molar-refractivity contribution in [3.63, 3.8) is 0 Å². The van der Waals surface area contributed by atoms with E-state index < -0.39 is 6.03 Å². The largest absolute Gasteiger partial charge is 0.369 e. The summed E-state index contributed by atoms with van der Waals surface area (Å²) in [6, 6.07) is 13.8. The lowest BCUT2D eigenvalue weighted by Gasteiger charge is -2.10. The van der Waals surface area contributed by atoms with Crippen LogP contribution in [0.25, 0.3) is 0 Å². The number of guanidine groups is 2. The van der Waals surface area contributed by atoms with E-state index in [1.54, 1.807) is 50.2 Å². The molecule has 0 unspecified atom stereocenters. The van der Waals surface area contributed by atoms with Crippen LogP contribution in [-0.2, 0) is 0 Å². The number of carbonyl (C=O) groups is 1. The lowest BCUT2D eigenvalue weighted by molar-refractivity contribution is 0.262. The molecule has 2 rings (SSSR count). The van der Waals surface area contributed by atoms with Gasteiger partial charge in [0.15, 0.2) is 0 Å². The summed E-state index contributed by atoms with van der Waals surface area (Å²) < 4.78 is 0. The number of nitrogens with zero attached hydrogens (tertiary/aromatic N) is 4. The van der Waals surface area contributed by atoms with Crippen LogP contribution in [0, 0.1) is 0 Å². The Labute approximate surface area is 185 Å². The van der Waals surface area contributed by atoms with E-state index in [9.17, 15) is 4.79 Å². The number of benzene rings is 2. The summed E-state index contributed by atoms with van der Waals surface area (Å²) >= 11 is 0. The van der Waals surface area contributed by atoms with Crippen LogP contribution in [0.3, 0.4) is 0 Å². The Balaban J connectivity index is 0.00000480. The third-order valence-corrected chi connectivity index (χ3v) is 3.71. The molecule has 2 aromatic rings. The van der Waals surface area contributed by atoms with Gasteiger partial charge in [-0.15, -0.1) is 22.6 Å². The summed E-state index contributed by atoms with van der Waals surface area (Å²) in [5, 5.41) is 20.6. The van der Waals surface area contributed by atoms with Crippen LogP contribution in [0.1, 0.15) is 25.0 Å². The summed E-state index contributed by atoms with van der Waals surface area (Å²) in [7, 11) is 0. The van der Waals surface area contributed by atoms with Crippen LogP contribution in [0.5, 0.6) is 0 Å². The van der Waals surface area contributed by atoms with Gasteiger partial charge in [0.2, 0.25) is 11.9 Å². The molecule has 0 fully saturated rings. The first kappa shape index (κ1) is 24.9. The lowest BCUT2D eigenvalue weighted by atomic mass is 10.1. The number of nitrogens with one attached hydrogen (secondary N) is 2. The van der Waals surface area contributed by atoms with E-state index in [0.29, 0.717) is 22.8 Å². The summed E-state index contributed by atoms with van der Waals surface area (Å²) in [6.07, 6.45) is 0. The number of halogens is 1. The smallest absolute Gasteiger partial charge is 0.323 e. The van der Waals surface area contributed by atoms with Gasteiger partial charge in [0, 0.05) is 11.4 Å². The van der Waals surface area contributed by atoms with Crippen molar-refractivity contribution in [2.75, 3.05) is 10.6 Å². The van der Waals surface area contributed by atoms with Gasteiger partial charge in [0.25, 0.3) is 0 Å². The first-order chi connectivity index (χ1) is 14.2. The first-order valence-corrected chi connectivity index (χ1v) is 8.80. The summed E-state index contributed by atoms with van der Waals surface area (Å²) in [6.45, 7) is 3.51. The van der Waals surface area contributed by atoms with Crippen molar-refractivity contribution >= 4 is 53.2 Å². The van der Waals surface area contributed by atoms with Crippen LogP contribution in [0.15, 0.2) is 68.9 Å². The van der Waals surface area contributed by atoms with Crippen molar-refractivity contribution in [1.82, 2.24) is 0 Å². The Bertz CT molecular complexity index is 956. The fourth-order valence-corrected chi connectivity index (χ4v) is 2.32. The fraction of sp³-hybridized carbons (Fsp3) is 0.105. The molecule has 0 bridgehead atoms. The number of anilines is 2. The topological polar surface area (TPSA) is 195 Å². The molecular weight excluding hydrogens is 420 g/mol. The van der Waals surface area contributed by atoms with E-state index in [1.807, 2.05) is 12.1 Å². The lowest BCUT2D eigenvalue weighted by Crippen LogP contribution is -2.22. The zero-order chi connectivity index (χ0) is 22.1. The normalized spacial score (nSPS) is 11.0. The molecule has 0 spiro atoms. The van der Waals surface area contributed by atoms with E-state index >= 15 is 0 Å². The predicted octanol–water partition coefficient (Wildman–Crippen LogP) is 1.75. The van der Waals surface area contributed by atoms with E-state index in [-0.39, 0.29) is 24.3 Å². The Kier molecular flexibility index (Phi) is 9.47. The first-order valence-electron chi connectivity index (χ1n) is 8.80. The molecule has 0 saturated heterocycles. The Morgan fingerprint density at radius 2 is 1.10 bits per heavy atom. The molecule has 2 aromatic carbocycles. The number of rotatable bonds is 6. The van der Waals surface area contributed by atoms with Crippen molar-refractivity contribution in [1.29, 1.82) is 0 Å². The highest BCUT2D eigenvalue weighted by Crippen LogP contribution is 2.15. The van der Waals surface area contributed by atoms with Gasteiger partial charge in [-0.25, -0.2) is 4.79 Å². The number of hydrogen-bond donors (Lipinski definition) is 6. The monoisotopic (exact) mass is 444 g/mol. The zero-order valence-corrected chi connectivity index (χ0v) is 17.9. The molecule has 0 aliphatic carbocycles. The molecule has 11 nitrogen and oxygen atoms in total. The van der Waals surface area contributed by atoms with Crippen LogP contribution in [-0.4, -0.2) is 29.4 Å². The van der Waals surface area contributed by atoms with Crippen molar-refractivity contribution in [2.24, 2.45) is 43.3 Å². The maximum atomic E-state index is 12.4. The van der Waals surface area contributed by atoms with Crippen LogP contribution >= 0.6 is 12.4 Å². The van der Waals surface area contributed by atoms with Crippen molar-refractivity contribution in [3.05, 3.63) is 59.7 Å². The molecule has 0 radical (unpaired) electrons. The van der Waals surface area contributed by atoms with Crippen LogP contribution in [0.2, 0.25) is 0 Å². The van der Waals surface area contributed by atoms with Crippen molar-refractivity contribution < 1.29 is 4.79 Å². The minimum absolute atomic E-state index is 0. The highest BCUT2D eigenvalue weighted by atomic mass is 35.5. The molecule has 0 atom stereocenters. The third kappa shape index (κ3) is 8.41. The van der Waals surface area contributed by atoms with Gasteiger partial charge in [-0.1, -0.05) is 24.3 Å². The Morgan fingerprint density at radius 1 is 0.710 bits per heavy atom. The summed E-state index contributed by atoms with van der Waals surface area (Å²) in [5.41, 5.74) is 25.0. The summed E-state index contributed by atoms with van der Waals surface area (Å²) in [5.74, 6) is -0.271. The van der Waals surface area contributed by atoms with Crippen LogP contribution < -0.4 is 33.6 Å². The second-order valence-corrected chi connectivity index (χ2v) is 6.16. The second kappa shape index (κ2) is 11.8. The van der Waals surface area contributed by atoms with Crippen molar-refractivity contribution in [3.8, 4) is 0 Å². The number of amides is 2. The van der Waals surface area contributed by atoms with Gasteiger partial charge in [-0.2, -0.15) is 10.2 Å². The van der Waals surface area contributed by atoms with E-state index in [0.717, 1.165) is 11.1 Å². The molecule has 0 heterocycles. The Morgan fingerprint density at radius 3 is 1.45 bits per heavy atom. The number of hydrogen-bond acceptors (Lipinski definition) is 5. The average molecular weight is 445 g/mol. The molecule has 0 aromatic heterocycles. The van der Waals surface area contributed by atoms with Gasteiger partial charge in [0.05, 0.1) is 11.4 Å². The minimum atomic E-state index is -0.415. The highest BCUT2D eigenvalue weighted by molar-refractivity contribution is 6.04. The SMILES string of the molecule is C/C(=N\N=C(N)N)c1cccc(NC(=O)Nc2cccc(/C(C)=N/N=C(N)N)c2)c1.Cl. The maximum absolute atomic E-state index is 12.4. The molecule has 0 saturated carbocycles. The number of nitrogens with two attached hydrogens (primary N) is 4. The van der Waals surface area contributed by atoms with Gasteiger partial charge in [0.1, 0.15) is 0 Å². The highest BCUT2D eigenvalue weighted by Gasteiger charge is 2.06. The molecule has 31 heavy (non-hydrogen) atoms. The molecule has 0 aliphatic rings. The molecule has 10 N–H and O–H groups in total. The van der Waals surface area contributed by atoms with Gasteiger partial charge < -0.3 is 33.6 Å². The van der Waals surface area contributed by atoms with E-state index in [4.69, 9.17) is 22.9 Å². The van der Waals surface area contributed by atoms with E-state index in [1.165, 1.54) is 0 Å². The molecule has 12 heteroatoms. The van der Waals surface area contributed by atoms with Crippen molar-refractivity contribution in [2.45, 2.75) is 13.8 Å². The van der Waals surface area contributed by atoms with Gasteiger partial charge >= 0.3 is 6.03 Å². The fourth-order valence-electron chi connectivity index (χ4n) is 2.32. The molecule has 164 valence electrons. The average Bonchev–Trinajstić information content (AvgIpc) is 2.70. The molecular formula is C19H25ClN10O. The number of urea groups is 1. The second-order valence-electron chi connectivity index (χ2n) is 6.16. The minimum Gasteiger partial charge on any atom is -0.369 e. The third-order valence-electron chi connectivity index (χ3n) is 3.71. The summed E-state index contributed by atoms with van der Waals surface area (Å²) in [4.78, 5) is 12.4. The number of carbonyl (C=O) groups excluding carboxylic acids is 1. The standard InChI is InChI=1S/C19H24N10O.ClH/c1-11(26-28-17(20)21)13-5-3-7-15(9-13)24-19(30)25-16-8-4-6-14(10-16)12(2)27-29-18(22)23;/h3-10H,1-2H3,(H4,20,21,28)(H4,22,23,29)(H2,24,25,30);1H/b26-11+,27-12+;.